The number of nitrogens with zero attached hydrogens (tertiary/aromatic N) is 2. The standard InChI is InChI=1S/C12H10BrN3O3/c13-9-5-11(16(17)18)12(15-7-9)19-10-3-1-8(6-14)2-4-10/h1-5,7H,6,14H2. The van der Waals surface area contributed by atoms with Crippen LogP contribution in [0.5, 0.6) is 11.6 Å². The molecule has 0 radical (unpaired) electrons. The molecule has 0 aliphatic rings. The predicted octanol–water partition coefficient (Wildman–Crippen LogP) is 3.00. The molecule has 2 rings (SSSR count). The first-order valence-corrected chi connectivity index (χ1v) is 6.16. The first kappa shape index (κ1) is 13.4. The lowest BCUT2D eigenvalue weighted by molar-refractivity contribution is -0.386. The van der Waals surface area contributed by atoms with Gasteiger partial charge in [0.15, 0.2) is 0 Å². The number of benzene rings is 1. The molecule has 19 heavy (non-hydrogen) atoms. The molecule has 6 nitrogen and oxygen atoms in total. The smallest absolute Gasteiger partial charge is 0.332 e. The van der Waals surface area contributed by atoms with Crippen molar-refractivity contribution in [3.8, 4) is 11.6 Å². The van der Waals surface area contributed by atoms with Crippen LogP contribution in [0, 0.1) is 10.1 Å². The van der Waals surface area contributed by atoms with E-state index in [2.05, 4.69) is 20.9 Å². The van der Waals surface area contributed by atoms with Gasteiger partial charge in [-0.2, -0.15) is 0 Å². The van der Waals surface area contributed by atoms with Crippen molar-refractivity contribution in [1.29, 1.82) is 0 Å². The van der Waals surface area contributed by atoms with E-state index in [9.17, 15) is 10.1 Å². The lowest BCUT2D eigenvalue weighted by atomic mass is 10.2. The zero-order valence-corrected chi connectivity index (χ0v) is 11.3. The van der Waals surface area contributed by atoms with Crippen LogP contribution < -0.4 is 10.5 Å². The summed E-state index contributed by atoms with van der Waals surface area (Å²) in [5.41, 5.74) is 6.24. The van der Waals surface area contributed by atoms with Crippen molar-refractivity contribution in [2.45, 2.75) is 6.54 Å². The van der Waals surface area contributed by atoms with Gasteiger partial charge in [0.05, 0.1) is 4.92 Å². The summed E-state index contributed by atoms with van der Waals surface area (Å²) in [5, 5.41) is 10.9. The van der Waals surface area contributed by atoms with E-state index in [-0.39, 0.29) is 11.6 Å². The minimum absolute atomic E-state index is 0.0475. The lowest BCUT2D eigenvalue weighted by Gasteiger charge is -2.06. The highest BCUT2D eigenvalue weighted by atomic mass is 79.9. The largest absolute Gasteiger partial charge is 0.434 e. The Morgan fingerprint density at radius 1 is 1.37 bits per heavy atom. The molecule has 7 heteroatoms. The van der Waals surface area contributed by atoms with Crippen molar-refractivity contribution in [2.24, 2.45) is 5.73 Å². The van der Waals surface area contributed by atoms with E-state index < -0.39 is 4.92 Å². The van der Waals surface area contributed by atoms with Crippen LogP contribution in [0.2, 0.25) is 0 Å². The van der Waals surface area contributed by atoms with E-state index in [1.165, 1.54) is 12.3 Å². The highest BCUT2D eigenvalue weighted by Crippen LogP contribution is 2.31. The Kier molecular flexibility index (Phi) is 4.08. The van der Waals surface area contributed by atoms with Gasteiger partial charge >= 0.3 is 5.69 Å². The van der Waals surface area contributed by atoms with Gasteiger partial charge in [-0.25, -0.2) is 4.98 Å². The highest BCUT2D eigenvalue weighted by molar-refractivity contribution is 9.10. The molecule has 0 atom stereocenters. The molecule has 0 unspecified atom stereocenters. The van der Waals surface area contributed by atoms with Gasteiger partial charge < -0.3 is 10.5 Å². The van der Waals surface area contributed by atoms with Gasteiger partial charge in [0, 0.05) is 23.3 Å². The Morgan fingerprint density at radius 3 is 2.63 bits per heavy atom. The van der Waals surface area contributed by atoms with Gasteiger partial charge in [0.25, 0.3) is 5.88 Å². The Morgan fingerprint density at radius 2 is 2.05 bits per heavy atom. The Labute approximate surface area is 117 Å². The minimum atomic E-state index is -0.540. The summed E-state index contributed by atoms with van der Waals surface area (Å²) in [6, 6.07) is 8.31. The van der Waals surface area contributed by atoms with Gasteiger partial charge in [-0.1, -0.05) is 12.1 Å². The fraction of sp³-hybridized carbons (Fsp3) is 0.0833. The third-order valence-electron chi connectivity index (χ3n) is 2.37. The maximum Gasteiger partial charge on any atom is 0.332 e. The molecule has 0 fully saturated rings. The van der Waals surface area contributed by atoms with Gasteiger partial charge in [0.2, 0.25) is 0 Å². The van der Waals surface area contributed by atoms with Crippen LogP contribution in [0.1, 0.15) is 5.56 Å². The van der Waals surface area contributed by atoms with Crippen LogP contribution in [0.25, 0.3) is 0 Å². The van der Waals surface area contributed by atoms with Crippen LogP contribution in [-0.4, -0.2) is 9.91 Å². The van der Waals surface area contributed by atoms with Gasteiger partial charge in [-0.15, -0.1) is 0 Å². The molecule has 2 N–H and O–H groups in total. The number of ether oxygens (including phenoxy) is 1. The summed E-state index contributed by atoms with van der Waals surface area (Å²) in [5.74, 6) is 0.420. The first-order chi connectivity index (χ1) is 9.10. The first-order valence-electron chi connectivity index (χ1n) is 5.37. The normalized spacial score (nSPS) is 10.2. The van der Waals surface area contributed by atoms with Crippen LogP contribution in [0.3, 0.4) is 0 Å². The maximum absolute atomic E-state index is 10.9. The van der Waals surface area contributed by atoms with Crippen molar-refractivity contribution >= 4 is 21.6 Å². The number of nitrogens with two attached hydrogens (primary N) is 1. The maximum atomic E-state index is 10.9. The number of halogens is 1. The van der Waals surface area contributed by atoms with E-state index in [0.717, 1.165) is 5.56 Å². The number of nitro groups is 1. The molecule has 1 aromatic carbocycles. The molecule has 0 saturated heterocycles. The van der Waals surface area contributed by atoms with Gasteiger partial charge in [-0.05, 0) is 33.6 Å². The van der Waals surface area contributed by atoms with E-state index >= 15 is 0 Å². The molecular weight excluding hydrogens is 314 g/mol. The molecular formula is C12H10BrN3O3. The number of aromatic nitrogens is 1. The zero-order valence-electron chi connectivity index (χ0n) is 9.75. The molecule has 0 amide bonds. The van der Waals surface area contributed by atoms with Crippen LogP contribution >= 0.6 is 15.9 Å². The molecule has 98 valence electrons. The third-order valence-corrected chi connectivity index (χ3v) is 2.80. The van der Waals surface area contributed by atoms with Crippen LogP contribution in [0.4, 0.5) is 5.69 Å². The average Bonchev–Trinajstić information content (AvgIpc) is 2.41. The fourth-order valence-corrected chi connectivity index (χ4v) is 1.75. The fourth-order valence-electron chi connectivity index (χ4n) is 1.43. The quantitative estimate of drug-likeness (QED) is 0.689. The Hall–Kier alpha value is -1.99. The minimum Gasteiger partial charge on any atom is -0.434 e. The molecule has 0 spiro atoms. The zero-order chi connectivity index (χ0) is 13.8. The lowest BCUT2D eigenvalue weighted by Crippen LogP contribution is -1.97. The predicted molar refractivity (Wildman–Crippen MR) is 73.0 cm³/mol. The molecule has 0 aliphatic heterocycles. The topological polar surface area (TPSA) is 91.3 Å². The summed E-state index contributed by atoms with van der Waals surface area (Å²) < 4.78 is 5.93. The summed E-state index contributed by atoms with van der Waals surface area (Å²) in [7, 11) is 0. The monoisotopic (exact) mass is 323 g/mol. The second-order valence-corrected chi connectivity index (χ2v) is 4.60. The van der Waals surface area contributed by atoms with E-state index in [0.29, 0.717) is 16.8 Å². The summed E-state index contributed by atoms with van der Waals surface area (Å²) >= 11 is 3.13. The molecule has 2 aromatic rings. The molecule has 1 heterocycles. The summed E-state index contributed by atoms with van der Waals surface area (Å²) in [6.45, 7) is 0.428. The second-order valence-electron chi connectivity index (χ2n) is 3.69. The van der Waals surface area contributed by atoms with Crippen molar-refractivity contribution in [3.63, 3.8) is 0 Å². The van der Waals surface area contributed by atoms with E-state index in [1.54, 1.807) is 24.3 Å². The number of pyridine rings is 1. The van der Waals surface area contributed by atoms with Crippen LogP contribution in [0.15, 0.2) is 41.0 Å². The highest BCUT2D eigenvalue weighted by Gasteiger charge is 2.18. The summed E-state index contributed by atoms with van der Waals surface area (Å²) in [6.07, 6.45) is 1.44. The average molecular weight is 324 g/mol. The van der Waals surface area contributed by atoms with Gasteiger partial charge in [0.1, 0.15) is 5.75 Å². The van der Waals surface area contributed by atoms with Gasteiger partial charge in [-0.3, -0.25) is 10.1 Å². The second kappa shape index (κ2) is 5.77. The number of rotatable bonds is 4. The molecule has 0 bridgehead atoms. The molecule has 1 aromatic heterocycles. The number of hydrogen-bond donors (Lipinski definition) is 1. The Bertz CT molecular complexity index is 602. The van der Waals surface area contributed by atoms with Crippen molar-refractivity contribution in [3.05, 3.63) is 56.7 Å². The summed E-state index contributed by atoms with van der Waals surface area (Å²) in [4.78, 5) is 14.3. The van der Waals surface area contributed by atoms with E-state index in [1.807, 2.05) is 0 Å². The third kappa shape index (κ3) is 3.27. The molecule has 0 aliphatic carbocycles. The number of hydrogen-bond acceptors (Lipinski definition) is 5. The van der Waals surface area contributed by atoms with E-state index in [4.69, 9.17) is 10.5 Å². The molecule has 0 saturated carbocycles. The van der Waals surface area contributed by atoms with Crippen molar-refractivity contribution < 1.29 is 9.66 Å². The Balaban J connectivity index is 2.29. The van der Waals surface area contributed by atoms with Crippen molar-refractivity contribution in [2.75, 3.05) is 0 Å². The van der Waals surface area contributed by atoms with Crippen LogP contribution in [-0.2, 0) is 6.54 Å². The van der Waals surface area contributed by atoms with Crippen molar-refractivity contribution in [1.82, 2.24) is 4.98 Å². The SMILES string of the molecule is NCc1ccc(Oc2ncc(Br)cc2[N+](=O)[O-])cc1.